The fourth-order valence-corrected chi connectivity index (χ4v) is 3.78. The number of hydrogen-bond donors (Lipinski definition) is 2. The Morgan fingerprint density at radius 2 is 2.00 bits per heavy atom. The van der Waals surface area contributed by atoms with Gasteiger partial charge in [-0.1, -0.05) is 49.4 Å². The number of piperazine rings is 1. The maximum atomic E-state index is 12.6. The van der Waals surface area contributed by atoms with E-state index in [2.05, 4.69) is 10.6 Å². The van der Waals surface area contributed by atoms with Crippen molar-refractivity contribution in [3.8, 4) is 0 Å². The van der Waals surface area contributed by atoms with E-state index in [1.54, 1.807) is 4.90 Å². The van der Waals surface area contributed by atoms with Crippen molar-refractivity contribution < 1.29 is 19.1 Å². The first kappa shape index (κ1) is 21.7. The Kier molecular flexibility index (Phi) is 7.35. The third-order valence-electron chi connectivity index (χ3n) is 4.90. The van der Waals surface area contributed by atoms with Crippen LogP contribution in [0.25, 0.3) is 10.8 Å². The molecule has 2 amide bonds. The molecule has 1 aliphatic rings. The summed E-state index contributed by atoms with van der Waals surface area (Å²) in [4.78, 5) is 38.6. The van der Waals surface area contributed by atoms with E-state index >= 15 is 0 Å². The van der Waals surface area contributed by atoms with Gasteiger partial charge in [0, 0.05) is 13.1 Å². The van der Waals surface area contributed by atoms with Crippen molar-refractivity contribution >= 4 is 45.9 Å². The number of thiocarbonyl (C=S) groups is 1. The SMILES string of the molecule is CCCOC(=O)C[C@@H]1C(=O)NCCN1C(=S)NC(=O)Cc1cccc2ccccc12. The van der Waals surface area contributed by atoms with Crippen molar-refractivity contribution in [3.05, 3.63) is 48.0 Å². The van der Waals surface area contributed by atoms with E-state index in [1.165, 1.54) is 0 Å². The van der Waals surface area contributed by atoms with Crippen LogP contribution in [0.3, 0.4) is 0 Å². The van der Waals surface area contributed by atoms with Gasteiger partial charge in [0.25, 0.3) is 0 Å². The van der Waals surface area contributed by atoms with E-state index in [-0.39, 0.29) is 29.8 Å². The summed E-state index contributed by atoms with van der Waals surface area (Å²) >= 11 is 5.39. The topological polar surface area (TPSA) is 87.7 Å². The highest BCUT2D eigenvalue weighted by Crippen LogP contribution is 2.19. The zero-order chi connectivity index (χ0) is 21.5. The predicted octanol–water partition coefficient (Wildman–Crippen LogP) is 1.93. The lowest BCUT2D eigenvalue weighted by Crippen LogP contribution is -2.60. The van der Waals surface area contributed by atoms with Crippen LogP contribution in [-0.2, 0) is 25.5 Å². The van der Waals surface area contributed by atoms with E-state index in [4.69, 9.17) is 17.0 Å². The Balaban J connectivity index is 1.66. The molecule has 1 heterocycles. The van der Waals surface area contributed by atoms with E-state index in [0.29, 0.717) is 26.1 Å². The monoisotopic (exact) mass is 427 g/mol. The molecule has 1 atom stereocenters. The molecule has 0 unspecified atom stereocenters. The molecule has 3 rings (SSSR count). The second-order valence-corrected chi connectivity index (χ2v) is 7.48. The van der Waals surface area contributed by atoms with E-state index in [1.807, 2.05) is 49.4 Å². The van der Waals surface area contributed by atoms with Crippen molar-refractivity contribution in [1.82, 2.24) is 15.5 Å². The Bertz CT molecular complexity index is 957. The van der Waals surface area contributed by atoms with E-state index < -0.39 is 12.0 Å². The van der Waals surface area contributed by atoms with Gasteiger partial charge in [-0.2, -0.15) is 0 Å². The first-order valence-corrected chi connectivity index (χ1v) is 10.4. The van der Waals surface area contributed by atoms with Crippen LogP contribution in [0, 0.1) is 0 Å². The summed E-state index contributed by atoms with van der Waals surface area (Å²) in [5.41, 5.74) is 0.893. The standard InChI is InChI=1S/C22H25N3O4S/c1-2-12-29-20(27)14-18-21(28)23-10-11-25(18)22(30)24-19(26)13-16-8-5-7-15-6-3-4-9-17(15)16/h3-9,18H,2,10-14H2,1H3,(H,23,28)(H,24,26,30)/t18-/m1/s1. The molecule has 2 aromatic carbocycles. The Hall–Kier alpha value is -3.00. The minimum absolute atomic E-state index is 0.120. The average molecular weight is 428 g/mol. The van der Waals surface area contributed by atoms with E-state index in [0.717, 1.165) is 16.3 Å². The molecule has 0 spiro atoms. The second kappa shape index (κ2) is 10.2. The van der Waals surface area contributed by atoms with Gasteiger partial charge < -0.3 is 20.3 Å². The predicted molar refractivity (Wildman–Crippen MR) is 118 cm³/mol. The molecule has 0 saturated carbocycles. The van der Waals surface area contributed by atoms with Crippen LogP contribution in [0.5, 0.6) is 0 Å². The molecular weight excluding hydrogens is 402 g/mol. The van der Waals surface area contributed by atoms with Crippen LogP contribution in [0.1, 0.15) is 25.3 Å². The highest BCUT2D eigenvalue weighted by atomic mass is 32.1. The first-order chi connectivity index (χ1) is 14.5. The number of hydrogen-bond acceptors (Lipinski definition) is 5. The highest BCUT2D eigenvalue weighted by Gasteiger charge is 2.34. The fraction of sp³-hybridized carbons (Fsp3) is 0.364. The number of esters is 1. The van der Waals surface area contributed by atoms with Gasteiger partial charge in [-0.3, -0.25) is 14.4 Å². The zero-order valence-electron chi connectivity index (χ0n) is 16.8. The molecule has 8 heteroatoms. The largest absolute Gasteiger partial charge is 0.466 e. The molecule has 1 saturated heterocycles. The highest BCUT2D eigenvalue weighted by molar-refractivity contribution is 7.80. The summed E-state index contributed by atoms with van der Waals surface area (Å²) in [7, 11) is 0. The van der Waals surface area contributed by atoms with Gasteiger partial charge in [0.1, 0.15) is 6.04 Å². The molecular formula is C22H25N3O4S. The van der Waals surface area contributed by atoms with Gasteiger partial charge in [-0.25, -0.2) is 0 Å². The van der Waals surface area contributed by atoms with Crippen LogP contribution < -0.4 is 10.6 Å². The van der Waals surface area contributed by atoms with Gasteiger partial charge >= 0.3 is 5.97 Å². The quantitative estimate of drug-likeness (QED) is 0.541. The summed E-state index contributed by atoms with van der Waals surface area (Å²) in [6.07, 6.45) is 0.741. The number of ether oxygens (including phenoxy) is 1. The number of benzene rings is 2. The molecule has 0 bridgehead atoms. The maximum absolute atomic E-state index is 12.6. The lowest BCUT2D eigenvalue weighted by molar-refractivity contribution is -0.147. The molecule has 1 aliphatic heterocycles. The Labute approximate surface area is 180 Å². The molecule has 0 radical (unpaired) electrons. The van der Waals surface area contributed by atoms with Gasteiger partial charge in [-0.05, 0) is 35.0 Å². The minimum Gasteiger partial charge on any atom is -0.466 e. The van der Waals surface area contributed by atoms with Crippen molar-refractivity contribution in [3.63, 3.8) is 0 Å². The van der Waals surface area contributed by atoms with E-state index in [9.17, 15) is 14.4 Å². The summed E-state index contributed by atoms with van der Waals surface area (Å²) < 4.78 is 5.10. The summed E-state index contributed by atoms with van der Waals surface area (Å²) in [6, 6.07) is 12.9. The maximum Gasteiger partial charge on any atom is 0.308 e. The number of fused-ring (bicyclic) bond motifs is 1. The van der Waals surface area contributed by atoms with Crippen molar-refractivity contribution in [1.29, 1.82) is 0 Å². The van der Waals surface area contributed by atoms with Crippen molar-refractivity contribution in [2.45, 2.75) is 32.2 Å². The molecule has 2 aromatic rings. The van der Waals surface area contributed by atoms with Gasteiger partial charge in [0.15, 0.2) is 5.11 Å². The van der Waals surface area contributed by atoms with Crippen LogP contribution in [-0.4, -0.2) is 53.5 Å². The fourth-order valence-electron chi connectivity index (χ4n) is 3.45. The summed E-state index contributed by atoms with van der Waals surface area (Å²) in [5, 5.41) is 7.66. The number of amides is 2. The van der Waals surface area contributed by atoms with Gasteiger partial charge in [0.05, 0.1) is 19.4 Å². The summed E-state index contributed by atoms with van der Waals surface area (Å²) in [6.45, 7) is 3.00. The Morgan fingerprint density at radius 1 is 1.23 bits per heavy atom. The number of nitrogens with zero attached hydrogens (tertiary/aromatic N) is 1. The number of carbonyl (C=O) groups is 3. The van der Waals surface area contributed by atoms with Crippen LogP contribution in [0.15, 0.2) is 42.5 Å². The molecule has 7 nitrogen and oxygen atoms in total. The average Bonchev–Trinajstić information content (AvgIpc) is 2.73. The van der Waals surface area contributed by atoms with Gasteiger partial charge in [0.2, 0.25) is 11.8 Å². The number of rotatable bonds is 6. The third kappa shape index (κ3) is 5.33. The van der Waals surface area contributed by atoms with Crippen LogP contribution >= 0.6 is 12.2 Å². The minimum atomic E-state index is -0.798. The number of carbonyl (C=O) groups excluding carboxylic acids is 3. The second-order valence-electron chi connectivity index (χ2n) is 7.09. The lowest BCUT2D eigenvalue weighted by Gasteiger charge is -2.36. The zero-order valence-corrected chi connectivity index (χ0v) is 17.7. The summed E-state index contributed by atoms with van der Waals surface area (Å²) in [5.74, 6) is -1.04. The van der Waals surface area contributed by atoms with Crippen LogP contribution in [0.2, 0.25) is 0 Å². The molecule has 1 fully saturated rings. The Morgan fingerprint density at radius 3 is 2.80 bits per heavy atom. The molecule has 30 heavy (non-hydrogen) atoms. The lowest BCUT2D eigenvalue weighted by atomic mass is 10.0. The normalized spacial score (nSPS) is 16.1. The third-order valence-corrected chi connectivity index (χ3v) is 5.23. The van der Waals surface area contributed by atoms with Crippen LogP contribution in [0.4, 0.5) is 0 Å². The molecule has 158 valence electrons. The van der Waals surface area contributed by atoms with Gasteiger partial charge in [-0.15, -0.1) is 0 Å². The molecule has 0 aromatic heterocycles. The number of nitrogens with one attached hydrogen (secondary N) is 2. The smallest absolute Gasteiger partial charge is 0.308 e. The first-order valence-electron chi connectivity index (χ1n) is 10.00. The molecule has 2 N–H and O–H groups in total. The molecule has 0 aliphatic carbocycles. The van der Waals surface area contributed by atoms with Crippen molar-refractivity contribution in [2.75, 3.05) is 19.7 Å². The van der Waals surface area contributed by atoms with Crippen molar-refractivity contribution in [2.24, 2.45) is 0 Å².